The SMILES string of the molecule is CCCCCC(NC(=O)Cc1c(C)n(C(=O)c2ccccc2)c2ccc(OC)cc12)C(=O)N(C)c1ccccc1. The Morgan fingerprint density at radius 3 is 2.27 bits per heavy atom. The minimum atomic E-state index is -0.654. The zero-order valence-corrected chi connectivity index (χ0v) is 23.6. The predicted molar refractivity (Wildman–Crippen MR) is 159 cm³/mol. The number of amides is 2. The van der Waals surface area contributed by atoms with Gasteiger partial charge in [-0.05, 0) is 61.4 Å². The van der Waals surface area contributed by atoms with E-state index in [2.05, 4.69) is 12.2 Å². The molecule has 7 heteroatoms. The summed E-state index contributed by atoms with van der Waals surface area (Å²) in [6, 6.07) is 23.3. The van der Waals surface area contributed by atoms with Crippen molar-refractivity contribution >= 4 is 34.3 Å². The first-order valence-electron chi connectivity index (χ1n) is 13.7. The van der Waals surface area contributed by atoms with Gasteiger partial charge in [-0.3, -0.25) is 19.0 Å². The Morgan fingerprint density at radius 1 is 0.950 bits per heavy atom. The number of carbonyl (C=O) groups excluding carboxylic acids is 3. The monoisotopic (exact) mass is 539 g/mol. The normalized spacial score (nSPS) is 11.7. The van der Waals surface area contributed by atoms with Gasteiger partial charge in [0.05, 0.1) is 19.0 Å². The third kappa shape index (κ3) is 6.25. The topological polar surface area (TPSA) is 80.6 Å². The van der Waals surface area contributed by atoms with Crippen molar-refractivity contribution in [3.63, 3.8) is 0 Å². The average molecular weight is 540 g/mol. The van der Waals surface area contributed by atoms with Crippen LogP contribution in [-0.4, -0.2) is 42.5 Å². The van der Waals surface area contributed by atoms with Crippen molar-refractivity contribution in [2.75, 3.05) is 19.1 Å². The number of ether oxygens (including phenoxy) is 1. The second-order valence-electron chi connectivity index (χ2n) is 9.98. The fourth-order valence-corrected chi connectivity index (χ4v) is 5.06. The summed E-state index contributed by atoms with van der Waals surface area (Å²) in [6.45, 7) is 3.96. The number of rotatable bonds is 11. The molecule has 1 N–H and O–H groups in total. The van der Waals surface area contributed by atoms with Crippen LogP contribution in [0.3, 0.4) is 0 Å². The number of methoxy groups -OCH3 is 1. The maximum Gasteiger partial charge on any atom is 0.262 e. The molecule has 7 nitrogen and oxygen atoms in total. The molecule has 0 spiro atoms. The fourth-order valence-electron chi connectivity index (χ4n) is 5.06. The molecule has 3 aromatic carbocycles. The Hall–Kier alpha value is -4.39. The van der Waals surface area contributed by atoms with Crippen molar-refractivity contribution < 1.29 is 19.1 Å². The molecule has 1 atom stereocenters. The zero-order chi connectivity index (χ0) is 28.6. The van der Waals surface area contributed by atoms with Crippen molar-refractivity contribution in [1.82, 2.24) is 9.88 Å². The number of likely N-dealkylation sites (N-methyl/N-ethyl adjacent to an activating group) is 1. The molecule has 4 rings (SSSR count). The number of nitrogens with one attached hydrogen (secondary N) is 1. The zero-order valence-electron chi connectivity index (χ0n) is 23.6. The highest BCUT2D eigenvalue weighted by Gasteiger charge is 2.27. The molecular formula is C33H37N3O4. The lowest BCUT2D eigenvalue weighted by atomic mass is 10.0. The summed E-state index contributed by atoms with van der Waals surface area (Å²) in [4.78, 5) is 42.1. The summed E-state index contributed by atoms with van der Waals surface area (Å²) >= 11 is 0. The van der Waals surface area contributed by atoms with Gasteiger partial charge in [-0.2, -0.15) is 0 Å². The second kappa shape index (κ2) is 13.1. The molecule has 40 heavy (non-hydrogen) atoms. The van der Waals surface area contributed by atoms with Crippen molar-refractivity contribution in [3.05, 3.63) is 95.7 Å². The van der Waals surface area contributed by atoms with Crippen molar-refractivity contribution in [3.8, 4) is 5.75 Å². The number of anilines is 1. The average Bonchev–Trinajstić information content (AvgIpc) is 3.26. The second-order valence-corrected chi connectivity index (χ2v) is 9.98. The highest BCUT2D eigenvalue weighted by molar-refractivity contribution is 6.05. The van der Waals surface area contributed by atoms with Crippen molar-refractivity contribution in [1.29, 1.82) is 0 Å². The quantitative estimate of drug-likeness (QED) is 0.240. The molecule has 0 saturated heterocycles. The highest BCUT2D eigenvalue weighted by Crippen LogP contribution is 2.31. The largest absolute Gasteiger partial charge is 0.497 e. The first-order chi connectivity index (χ1) is 19.3. The fraction of sp³-hybridized carbons (Fsp3) is 0.303. The highest BCUT2D eigenvalue weighted by atomic mass is 16.5. The molecule has 0 saturated carbocycles. The first kappa shape index (κ1) is 28.6. The molecule has 208 valence electrons. The molecule has 0 bridgehead atoms. The summed E-state index contributed by atoms with van der Waals surface area (Å²) < 4.78 is 7.10. The predicted octanol–water partition coefficient (Wildman–Crippen LogP) is 5.92. The van der Waals surface area contributed by atoms with Crippen LogP contribution >= 0.6 is 0 Å². The van der Waals surface area contributed by atoms with Crippen LogP contribution in [-0.2, 0) is 16.0 Å². The lowest BCUT2D eigenvalue weighted by Crippen LogP contribution is -2.48. The first-order valence-corrected chi connectivity index (χ1v) is 13.7. The maximum atomic E-state index is 13.5. The number of hydrogen-bond donors (Lipinski definition) is 1. The number of benzene rings is 3. The van der Waals surface area contributed by atoms with Gasteiger partial charge in [0.2, 0.25) is 11.8 Å². The minimum Gasteiger partial charge on any atom is -0.497 e. The van der Waals surface area contributed by atoms with Gasteiger partial charge in [-0.25, -0.2) is 0 Å². The third-order valence-electron chi connectivity index (χ3n) is 7.31. The lowest BCUT2D eigenvalue weighted by Gasteiger charge is -2.25. The molecule has 1 heterocycles. The molecule has 0 radical (unpaired) electrons. The van der Waals surface area contributed by atoms with Gasteiger partial charge in [0, 0.05) is 29.4 Å². The van der Waals surface area contributed by atoms with E-state index in [1.54, 1.807) is 35.8 Å². The summed E-state index contributed by atoms with van der Waals surface area (Å²) in [5.74, 6) is 0.0387. The Kier molecular flexibility index (Phi) is 9.38. The van der Waals surface area contributed by atoms with E-state index in [9.17, 15) is 14.4 Å². The van der Waals surface area contributed by atoms with Crippen LogP contribution in [0.5, 0.6) is 5.75 Å². The van der Waals surface area contributed by atoms with Crippen LogP contribution in [0, 0.1) is 6.92 Å². The Morgan fingerprint density at radius 2 is 1.62 bits per heavy atom. The molecule has 1 unspecified atom stereocenters. The summed E-state index contributed by atoms with van der Waals surface area (Å²) in [6.07, 6.45) is 3.40. The smallest absolute Gasteiger partial charge is 0.262 e. The summed E-state index contributed by atoms with van der Waals surface area (Å²) in [5.41, 5.74) is 3.44. The molecular weight excluding hydrogens is 502 g/mol. The van der Waals surface area contributed by atoms with Crippen molar-refractivity contribution in [2.45, 2.75) is 52.0 Å². The van der Waals surface area contributed by atoms with Crippen molar-refractivity contribution in [2.24, 2.45) is 0 Å². The van der Waals surface area contributed by atoms with E-state index in [0.29, 0.717) is 28.9 Å². The van der Waals surface area contributed by atoms with Crippen LogP contribution in [0.15, 0.2) is 78.9 Å². The van der Waals surface area contributed by atoms with Crippen LogP contribution in [0.2, 0.25) is 0 Å². The van der Waals surface area contributed by atoms with Gasteiger partial charge in [-0.1, -0.05) is 62.6 Å². The van der Waals surface area contributed by atoms with Crippen LogP contribution in [0.1, 0.15) is 54.2 Å². The van der Waals surface area contributed by atoms with Gasteiger partial charge in [0.15, 0.2) is 0 Å². The van der Waals surface area contributed by atoms with Crippen LogP contribution < -0.4 is 15.0 Å². The third-order valence-corrected chi connectivity index (χ3v) is 7.31. The Labute approximate surface area is 235 Å². The molecule has 2 amide bonds. The molecule has 1 aromatic heterocycles. The van der Waals surface area contributed by atoms with Gasteiger partial charge in [0.1, 0.15) is 11.8 Å². The van der Waals surface area contributed by atoms with E-state index in [1.165, 1.54) is 0 Å². The summed E-state index contributed by atoms with van der Waals surface area (Å²) in [7, 11) is 3.32. The lowest BCUT2D eigenvalue weighted by molar-refractivity contribution is -0.127. The van der Waals surface area contributed by atoms with Gasteiger partial charge < -0.3 is 15.0 Å². The maximum absolute atomic E-state index is 13.5. The standard InChI is InChI=1S/C33H37N3O4/c1-5-6-9-18-29(33(39)35(3)25-16-12-8-13-17-25)34-31(37)22-27-23(2)36(32(38)24-14-10-7-11-15-24)30-20-19-26(40-4)21-28(27)30/h7-8,10-17,19-21,29H,5-6,9,18,22H2,1-4H3,(H,34,37). The molecule has 0 aliphatic rings. The van der Waals surface area contributed by atoms with E-state index in [1.807, 2.05) is 73.7 Å². The van der Waals surface area contributed by atoms with Crippen LogP contribution in [0.4, 0.5) is 5.69 Å². The Bertz CT molecular complexity index is 1480. The summed E-state index contributed by atoms with van der Waals surface area (Å²) in [5, 5.41) is 3.78. The van der Waals surface area contributed by atoms with E-state index in [4.69, 9.17) is 4.74 Å². The number of aromatic nitrogens is 1. The number of carbonyl (C=O) groups is 3. The van der Waals surface area contributed by atoms with E-state index in [0.717, 1.165) is 35.9 Å². The van der Waals surface area contributed by atoms with Gasteiger partial charge in [-0.15, -0.1) is 0 Å². The number of unbranched alkanes of at least 4 members (excludes halogenated alkanes) is 2. The Balaban J connectivity index is 1.64. The molecule has 4 aromatic rings. The molecule has 0 fully saturated rings. The minimum absolute atomic E-state index is 0.0250. The molecule has 0 aliphatic heterocycles. The van der Waals surface area contributed by atoms with E-state index >= 15 is 0 Å². The van der Waals surface area contributed by atoms with Crippen LogP contribution in [0.25, 0.3) is 10.9 Å². The molecule has 0 aliphatic carbocycles. The van der Waals surface area contributed by atoms with E-state index in [-0.39, 0.29) is 24.1 Å². The number of nitrogens with zero attached hydrogens (tertiary/aromatic N) is 2. The number of hydrogen-bond acceptors (Lipinski definition) is 4. The van der Waals surface area contributed by atoms with Gasteiger partial charge >= 0.3 is 0 Å². The van der Waals surface area contributed by atoms with E-state index < -0.39 is 6.04 Å². The number of fused-ring (bicyclic) bond motifs is 1. The number of para-hydroxylation sites is 1. The van der Waals surface area contributed by atoms with Gasteiger partial charge in [0.25, 0.3) is 5.91 Å².